The predicted molar refractivity (Wildman–Crippen MR) is 108 cm³/mol. The third-order valence-electron chi connectivity index (χ3n) is 4.59. The highest BCUT2D eigenvalue weighted by molar-refractivity contribution is 6.04. The van der Waals surface area contributed by atoms with Gasteiger partial charge in [0, 0.05) is 31.3 Å². The van der Waals surface area contributed by atoms with Crippen LogP contribution in [0.2, 0.25) is 0 Å². The molecule has 146 valence electrons. The number of amides is 3. The van der Waals surface area contributed by atoms with Gasteiger partial charge in [0.15, 0.2) is 0 Å². The number of carbonyl (C=O) groups excluding carboxylic acids is 3. The van der Waals surface area contributed by atoms with Crippen LogP contribution in [-0.4, -0.2) is 31.4 Å². The molecule has 1 aliphatic rings. The first-order valence-corrected chi connectivity index (χ1v) is 9.01. The van der Waals surface area contributed by atoms with Gasteiger partial charge in [0.25, 0.3) is 0 Å². The van der Waals surface area contributed by atoms with Crippen LogP contribution in [0.5, 0.6) is 5.75 Å². The highest BCUT2D eigenvalue weighted by atomic mass is 16.5. The molecule has 2 aromatic carbocycles. The largest absolute Gasteiger partial charge is 0.495 e. The minimum atomic E-state index is -0.470. The van der Waals surface area contributed by atoms with Gasteiger partial charge in [-0.25, -0.2) is 0 Å². The van der Waals surface area contributed by atoms with E-state index in [0.29, 0.717) is 22.8 Å². The average molecular weight is 381 g/mol. The van der Waals surface area contributed by atoms with Gasteiger partial charge in [0.2, 0.25) is 17.7 Å². The van der Waals surface area contributed by atoms with Crippen molar-refractivity contribution in [3.63, 3.8) is 0 Å². The lowest BCUT2D eigenvalue weighted by atomic mass is 10.1. The Bertz CT molecular complexity index is 926. The molecule has 3 rings (SSSR count). The number of carbonyl (C=O) groups is 3. The van der Waals surface area contributed by atoms with Crippen molar-refractivity contribution in [1.29, 1.82) is 0 Å². The van der Waals surface area contributed by atoms with E-state index in [4.69, 9.17) is 4.74 Å². The molecule has 0 bridgehead atoms. The maximum atomic E-state index is 12.7. The van der Waals surface area contributed by atoms with E-state index in [-0.39, 0.29) is 30.7 Å². The minimum Gasteiger partial charge on any atom is -0.495 e. The lowest BCUT2D eigenvalue weighted by Gasteiger charge is -2.18. The number of nitrogens with zero attached hydrogens (tertiary/aromatic N) is 1. The second-order valence-corrected chi connectivity index (χ2v) is 6.83. The molecule has 1 aliphatic heterocycles. The van der Waals surface area contributed by atoms with E-state index < -0.39 is 5.92 Å². The summed E-state index contributed by atoms with van der Waals surface area (Å²) < 4.78 is 5.29. The Labute approximate surface area is 163 Å². The number of rotatable bonds is 5. The third-order valence-corrected chi connectivity index (χ3v) is 4.59. The maximum absolute atomic E-state index is 12.7. The van der Waals surface area contributed by atoms with E-state index in [2.05, 4.69) is 10.6 Å². The Balaban J connectivity index is 1.73. The molecule has 2 aromatic rings. The Morgan fingerprint density at radius 3 is 2.64 bits per heavy atom. The molecule has 7 nitrogen and oxygen atoms in total. The molecule has 2 N–H and O–H groups in total. The van der Waals surface area contributed by atoms with E-state index in [0.717, 1.165) is 5.56 Å². The van der Waals surface area contributed by atoms with Crippen molar-refractivity contribution in [2.75, 3.05) is 29.2 Å². The molecular weight excluding hydrogens is 358 g/mol. The molecule has 0 radical (unpaired) electrons. The molecule has 28 heavy (non-hydrogen) atoms. The number of benzene rings is 2. The Kier molecular flexibility index (Phi) is 5.63. The quantitative estimate of drug-likeness (QED) is 0.834. The summed E-state index contributed by atoms with van der Waals surface area (Å²) >= 11 is 0. The number of methoxy groups -OCH3 is 1. The van der Waals surface area contributed by atoms with E-state index in [1.165, 1.54) is 6.92 Å². The van der Waals surface area contributed by atoms with Crippen LogP contribution in [0.25, 0.3) is 0 Å². The van der Waals surface area contributed by atoms with E-state index >= 15 is 0 Å². The first kappa shape index (κ1) is 19.4. The van der Waals surface area contributed by atoms with Gasteiger partial charge in [-0.2, -0.15) is 0 Å². The lowest BCUT2D eigenvalue weighted by Crippen LogP contribution is -2.28. The number of hydrogen-bond donors (Lipinski definition) is 2. The molecule has 1 fully saturated rings. The second-order valence-electron chi connectivity index (χ2n) is 6.83. The number of hydrogen-bond acceptors (Lipinski definition) is 4. The van der Waals surface area contributed by atoms with Gasteiger partial charge in [-0.05, 0) is 42.8 Å². The Hall–Kier alpha value is -3.35. The van der Waals surface area contributed by atoms with Crippen LogP contribution in [-0.2, 0) is 14.4 Å². The van der Waals surface area contributed by atoms with E-state index in [9.17, 15) is 14.4 Å². The van der Waals surface area contributed by atoms with Crippen molar-refractivity contribution in [3.8, 4) is 5.75 Å². The number of ether oxygens (including phenoxy) is 1. The van der Waals surface area contributed by atoms with Gasteiger partial charge in [-0.1, -0.05) is 12.1 Å². The molecule has 1 heterocycles. The molecule has 0 saturated carbocycles. The van der Waals surface area contributed by atoms with E-state index in [1.807, 2.05) is 19.1 Å². The molecule has 7 heteroatoms. The molecule has 0 aliphatic carbocycles. The van der Waals surface area contributed by atoms with Crippen LogP contribution < -0.4 is 20.3 Å². The first-order valence-electron chi connectivity index (χ1n) is 9.01. The lowest BCUT2D eigenvalue weighted by molar-refractivity contribution is -0.122. The molecule has 0 spiro atoms. The zero-order valence-electron chi connectivity index (χ0n) is 16.1. The summed E-state index contributed by atoms with van der Waals surface area (Å²) in [5.74, 6) is -0.436. The third kappa shape index (κ3) is 4.31. The zero-order valence-corrected chi connectivity index (χ0v) is 16.1. The van der Waals surface area contributed by atoms with Crippen molar-refractivity contribution in [3.05, 3.63) is 48.0 Å². The van der Waals surface area contributed by atoms with Gasteiger partial charge < -0.3 is 20.3 Å². The standard InChI is InChI=1S/C21H23N3O4/c1-13-7-8-19(28-3)18(9-13)23-21(27)15-10-20(26)24(12-15)17-6-4-5-16(11-17)22-14(2)25/h4-9,11,15H,10,12H2,1-3H3,(H,22,25)(H,23,27). The van der Waals surface area contributed by atoms with Crippen molar-refractivity contribution >= 4 is 34.8 Å². The van der Waals surface area contributed by atoms with Crippen LogP contribution in [0.4, 0.5) is 17.1 Å². The number of nitrogens with one attached hydrogen (secondary N) is 2. The molecule has 1 saturated heterocycles. The first-order chi connectivity index (χ1) is 13.4. The van der Waals surface area contributed by atoms with Gasteiger partial charge in [0.1, 0.15) is 5.75 Å². The zero-order chi connectivity index (χ0) is 20.3. The summed E-state index contributed by atoms with van der Waals surface area (Å²) in [7, 11) is 1.54. The normalized spacial score (nSPS) is 16.0. The van der Waals surface area contributed by atoms with E-state index in [1.54, 1.807) is 42.3 Å². The Morgan fingerprint density at radius 1 is 1.14 bits per heavy atom. The van der Waals surface area contributed by atoms with Gasteiger partial charge in [-0.15, -0.1) is 0 Å². The molecule has 1 unspecified atom stereocenters. The van der Waals surface area contributed by atoms with Crippen molar-refractivity contribution in [2.24, 2.45) is 5.92 Å². The summed E-state index contributed by atoms with van der Waals surface area (Å²) in [5.41, 5.74) is 2.84. The van der Waals surface area contributed by atoms with Crippen molar-refractivity contribution < 1.29 is 19.1 Å². The SMILES string of the molecule is COc1ccc(C)cc1NC(=O)C1CC(=O)N(c2cccc(NC(C)=O)c2)C1. The van der Waals surface area contributed by atoms with Crippen LogP contribution in [0.1, 0.15) is 18.9 Å². The predicted octanol–water partition coefficient (Wildman–Crippen LogP) is 2.95. The topological polar surface area (TPSA) is 87.7 Å². The molecule has 0 aromatic heterocycles. The molecule has 1 atom stereocenters. The van der Waals surface area contributed by atoms with Crippen LogP contribution >= 0.6 is 0 Å². The van der Waals surface area contributed by atoms with Crippen molar-refractivity contribution in [1.82, 2.24) is 0 Å². The summed E-state index contributed by atoms with van der Waals surface area (Å²) in [6.07, 6.45) is 0.129. The summed E-state index contributed by atoms with van der Waals surface area (Å²) in [6.45, 7) is 3.63. The van der Waals surface area contributed by atoms with Crippen LogP contribution in [0.3, 0.4) is 0 Å². The smallest absolute Gasteiger partial charge is 0.229 e. The average Bonchev–Trinajstić information content (AvgIpc) is 3.03. The molecule has 3 amide bonds. The van der Waals surface area contributed by atoms with Crippen molar-refractivity contribution in [2.45, 2.75) is 20.3 Å². The van der Waals surface area contributed by atoms with Gasteiger partial charge >= 0.3 is 0 Å². The second kappa shape index (κ2) is 8.12. The summed E-state index contributed by atoms with van der Waals surface area (Å²) in [4.78, 5) is 38.0. The fourth-order valence-electron chi connectivity index (χ4n) is 3.24. The van der Waals surface area contributed by atoms with Gasteiger partial charge in [-0.3, -0.25) is 14.4 Å². The highest BCUT2D eigenvalue weighted by Crippen LogP contribution is 2.30. The highest BCUT2D eigenvalue weighted by Gasteiger charge is 2.35. The Morgan fingerprint density at radius 2 is 1.93 bits per heavy atom. The molecular formula is C21H23N3O4. The van der Waals surface area contributed by atoms with Crippen LogP contribution in [0.15, 0.2) is 42.5 Å². The van der Waals surface area contributed by atoms with Gasteiger partial charge in [0.05, 0.1) is 18.7 Å². The number of anilines is 3. The maximum Gasteiger partial charge on any atom is 0.229 e. The summed E-state index contributed by atoms with van der Waals surface area (Å²) in [6, 6.07) is 12.6. The number of aryl methyl sites for hydroxylation is 1. The summed E-state index contributed by atoms with van der Waals surface area (Å²) in [5, 5.41) is 5.57. The van der Waals surface area contributed by atoms with Crippen LogP contribution in [0, 0.1) is 12.8 Å². The fraction of sp³-hybridized carbons (Fsp3) is 0.286. The fourth-order valence-corrected chi connectivity index (χ4v) is 3.24. The minimum absolute atomic E-state index is 0.128. The monoisotopic (exact) mass is 381 g/mol.